The smallest absolute Gasteiger partial charge is 0.331 e. The minimum absolute atomic E-state index is 0.131. The first-order valence-electron chi connectivity index (χ1n) is 12.0. The highest BCUT2D eigenvalue weighted by molar-refractivity contribution is 6.26. The third-order valence-corrected chi connectivity index (χ3v) is 6.29. The maximum Gasteiger partial charge on any atom is 0.331 e. The highest BCUT2D eigenvalue weighted by Crippen LogP contribution is 2.40. The van der Waals surface area contributed by atoms with E-state index < -0.39 is 11.9 Å². The van der Waals surface area contributed by atoms with Gasteiger partial charge in [0, 0.05) is 6.08 Å². The van der Waals surface area contributed by atoms with E-state index in [1.807, 2.05) is 38.1 Å². The monoisotopic (exact) mass is 496 g/mol. The van der Waals surface area contributed by atoms with Gasteiger partial charge in [-0.15, -0.1) is 11.6 Å². The molecular weight excluding hydrogens is 460 g/mol. The normalized spacial score (nSPS) is 16.8. The molecule has 2 rings (SSSR count). The fraction of sp³-hybridized carbons (Fsp3) is 0.400. The third kappa shape index (κ3) is 9.37. The lowest BCUT2D eigenvalue weighted by atomic mass is 9.72. The summed E-state index contributed by atoms with van der Waals surface area (Å²) in [5.74, 6) is -0.685. The number of rotatable bonds is 9. The van der Waals surface area contributed by atoms with Crippen LogP contribution in [0.25, 0.3) is 0 Å². The van der Waals surface area contributed by atoms with E-state index in [0.29, 0.717) is 5.75 Å². The van der Waals surface area contributed by atoms with E-state index in [1.165, 1.54) is 36.5 Å². The molecule has 0 radical (unpaired) electrons. The Morgan fingerprint density at radius 2 is 1.86 bits per heavy atom. The van der Waals surface area contributed by atoms with Crippen molar-refractivity contribution >= 4 is 23.5 Å². The van der Waals surface area contributed by atoms with Gasteiger partial charge in [0.25, 0.3) is 0 Å². The van der Waals surface area contributed by atoms with Crippen LogP contribution in [0.15, 0.2) is 76.9 Å². The van der Waals surface area contributed by atoms with E-state index in [2.05, 4.69) is 39.8 Å². The fourth-order valence-corrected chi connectivity index (χ4v) is 4.18. The summed E-state index contributed by atoms with van der Waals surface area (Å²) in [5.41, 5.74) is 6.68. The fourth-order valence-electron chi connectivity index (χ4n) is 4.13. The number of hydrogen-bond donors (Lipinski definition) is 0. The number of aryl methyl sites for hydroxylation is 1. The molecular formula is C30H37ClO4. The Balaban J connectivity index is 1.90. The van der Waals surface area contributed by atoms with Crippen LogP contribution in [0.1, 0.15) is 65.0 Å². The largest absolute Gasteiger partial charge is 0.458 e. The zero-order valence-corrected chi connectivity index (χ0v) is 22.5. The van der Waals surface area contributed by atoms with E-state index >= 15 is 0 Å². The standard InChI is InChI=1S/C30H37ClO4/c1-21(12-14-26-23(3)11-8-16-30(26,5)6)9-7-10-22(2)17-28(32)34-20-25-13-15-27(24(4)18-25)35-29(33)19-31/h7,9-10,12-15,17-18H,8,11,16,19-20H2,1-6H3/b10-7+,14-12+,21-9+,22-17+. The van der Waals surface area contributed by atoms with Crippen molar-refractivity contribution in [3.05, 3.63) is 88.1 Å². The first-order chi connectivity index (χ1) is 16.5. The van der Waals surface area contributed by atoms with E-state index in [4.69, 9.17) is 21.1 Å². The van der Waals surface area contributed by atoms with Crippen molar-refractivity contribution in [2.75, 3.05) is 5.88 Å². The Hall–Kier alpha value is -2.85. The van der Waals surface area contributed by atoms with Crippen LogP contribution < -0.4 is 4.74 Å². The predicted octanol–water partition coefficient (Wildman–Crippen LogP) is 7.71. The predicted molar refractivity (Wildman–Crippen MR) is 143 cm³/mol. The summed E-state index contributed by atoms with van der Waals surface area (Å²) in [7, 11) is 0. The van der Waals surface area contributed by atoms with Gasteiger partial charge in [-0.25, -0.2) is 4.79 Å². The van der Waals surface area contributed by atoms with Crippen LogP contribution in [0.4, 0.5) is 0 Å². The molecule has 4 nitrogen and oxygen atoms in total. The van der Waals surface area contributed by atoms with Gasteiger partial charge in [-0.1, -0.05) is 61.4 Å². The molecule has 1 aromatic rings. The SMILES string of the molecule is CC1=C(/C=C/C(C)=C/C=C/C(C)=C/C(=O)OCc2ccc(OC(=O)CCl)c(C)c2)C(C)(C)CCC1. The Bertz CT molecular complexity index is 1080. The Morgan fingerprint density at radius 1 is 1.11 bits per heavy atom. The molecule has 1 aliphatic rings. The minimum Gasteiger partial charge on any atom is -0.458 e. The van der Waals surface area contributed by atoms with Crippen LogP contribution in [0.2, 0.25) is 0 Å². The molecule has 188 valence electrons. The topological polar surface area (TPSA) is 52.6 Å². The second-order valence-electron chi connectivity index (χ2n) is 9.74. The summed E-state index contributed by atoms with van der Waals surface area (Å²) in [6, 6.07) is 5.23. The molecule has 0 saturated heterocycles. The Kier molecular flexibility index (Phi) is 10.8. The van der Waals surface area contributed by atoms with E-state index in [1.54, 1.807) is 12.1 Å². The lowest BCUT2D eigenvalue weighted by Gasteiger charge is -2.32. The first-order valence-corrected chi connectivity index (χ1v) is 12.5. The van der Waals surface area contributed by atoms with Gasteiger partial charge in [0.15, 0.2) is 0 Å². The second kappa shape index (κ2) is 13.3. The van der Waals surface area contributed by atoms with Gasteiger partial charge in [-0.3, -0.25) is 4.79 Å². The molecule has 1 aromatic carbocycles. The number of halogens is 1. The molecule has 0 aromatic heterocycles. The Labute approximate surface area is 215 Å². The van der Waals surface area contributed by atoms with Crippen LogP contribution >= 0.6 is 11.6 Å². The van der Waals surface area contributed by atoms with Gasteiger partial charge in [0.2, 0.25) is 0 Å². The number of esters is 2. The average molecular weight is 497 g/mol. The zero-order valence-electron chi connectivity index (χ0n) is 21.7. The van der Waals surface area contributed by atoms with Crippen molar-refractivity contribution in [2.24, 2.45) is 5.41 Å². The highest BCUT2D eigenvalue weighted by Gasteiger charge is 2.26. The summed E-state index contributed by atoms with van der Waals surface area (Å²) < 4.78 is 10.5. The number of carbonyl (C=O) groups excluding carboxylic acids is 2. The van der Waals surface area contributed by atoms with Crippen molar-refractivity contribution in [2.45, 2.75) is 67.4 Å². The molecule has 0 amide bonds. The minimum atomic E-state index is -0.510. The maximum atomic E-state index is 12.2. The van der Waals surface area contributed by atoms with Crippen LogP contribution in [0.5, 0.6) is 5.75 Å². The summed E-state index contributed by atoms with van der Waals surface area (Å²) >= 11 is 5.47. The van der Waals surface area contributed by atoms with Crippen LogP contribution in [-0.4, -0.2) is 17.8 Å². The number of ether oxygens (including phenoxy) is 2. The molecule has 0 heterocycles. The van der Waals surface area contributed by atoms with Crippen LogP contribution in [0.3, 0.4) is 0 Å². The Morgan fingerprint density at radius 3 is 2.51 bits per heavy atom. The van der Waals surface area contributed by atoms with Gasteiger partial charge in [0.05, 0.1) is 0 Å². The molecule has 0 bridgehead atoms. The van der Waals surface area contributed by atoms with Crippen molar-refractivity contribution < 1.29 is 19.1 Å². The van der Waals surface area contributed by atoms with Gasteiger partial charge >= 0.3 is 11.9 Å². The molecule has 0 N–H and O–H groups in total. The van der Waals surface area contributed by atoms with Gasteiger partial charge in [-0.2, -0.15) is 0 Å². The highest BCUT2D eigenvalue weighted by atomic mass is 35.5. The summed E-state index contributed by atoms with van der Waals surface area (Å²) in [5, 5.41) is 0. The van der Waals surface area contributed by atoms with Crippen LogP contribution in [-0.2, 0) is 20.9 Å². The summed E-state index contributed by atoms with van der Waals surface area (Å²) in [6.45, 7) is 12.8. The number of carbonyl (C=O) groups is 2. The molecule has 1 aliphatic carbocycles. The number of allylic oxidation sites excluding steroid dienone is 9. The van der Waals surface area contributed by atoms with E-state index in [-0.39, 0.29) is 17.9 Å². The summed E-state index contributed by atoms with van der Waals surface area (Å²) in [6.07, 6.45) is 15.4. The maximum absolute atomic E-state index is 12.2. The van der Waals surface area contributed by atoms with Gasteiger partial charge in [-0.05, 0) is 86.8 Å². The third-order valence-electron chi connectivity index (χ3n) is 6.07. The first kappa shape index (κ1) is 28.4. The molecule has 0 saturated carbocycles. The molecule has 5 heteroatoms. The van der Waals surface area contributed by atoms with Crippen molar-refractivity contribution in [3.63, 3.8) is 0 Å². The molecule has 0 atom stereocenters. The van der Waals surface area contributed by atoms with Crippen LogP contribution in [0, 0.1) is 12.3 Å². The average Bonchev–Trinajstić information content (AvgIpc) is 2.78. The molecule has 0 fully saturated rings. The lowest BCUT2D eigenvalue weighted by Crippen LogP contribution is -2.19. The molecule has 0 spiro atoms. The molecule has 0 unspecified atom stereocenters. The lowest BCUT2D eigenvalue weighted by molar-refractivity contribution is -0.139. The van der Waals surface area contributed by atoms with E-state index in [9.17, 15) is 9.59 Å². The van der Waals surface area contributed by atoms with Crippen molar-refractivity contribution in [1.29, 1.82) is 0 Å². The van der Waals surface area contributed by atoms with E-state index in [0.717, 1.165) is 22.3 Å². The van der Waals surface area contributed by atoms with Crippen molar-refractivity contribution in [3.8, 4) is 5.75 Å². The van der Waals surface area contributed by atoms with Crippen molar-refractivity contribution in [1.82, 2.24) is 0 Å². The molecule has 35 heavy (non-hydrogen) atoms. The second-order valence-corrected chi connectivity index (χ2v) is 10.0. The number of hydrogen-bond acceptors (Lipinski definition) is 4. The number of benzene rings is 1. The van der Waals surface area contributed by atoms with Gasteiger partial charge in [0.1, 0.15) is 18.2 Å². The number of alkyl halides is 1. The zero-order chi connectivity index (χ0) is 26.0. The quantitative estimate of drug-likeness (QED) is 0.115. The molecule has 0 aliphatic heterocycles. The van der Waals surface area contributed by atoms with Gasteiger partial charge < -0.3 is 9.47 Å². The summed E-state index contributed by atoms with van der Waals surface area (Å²) in [4.78, 5) is 23.5.